The first kappa shape index (κ1) is 7.72. The van der Waals surface area contributed by atoms with Gasteiger partial charge in [0.2, 0.25) is 0 Å². The average Bonchev–Trinajstić information content (AvgIpc) is 2.43. The second kappa shape index (κ2) is 2.55. The summed E-state index contributed by atoms with van der Waals surface area (Å²) in [5.41, 5.74) is 1.99. The minimum Gasteiger partial charge on any atom is -0.476 e. The first-order valence-corrected chi connectivity index (χ1v) is 3.72. The number of carbonyl (C=O) groups is 1. The predicted molar refractivity (Wildman–Crippen MR) is 45.6 cm³/mol. The maximum Gasteiger partial charge on any atom is 0.356 e. The first-order valence-electron chi connectivity index (χ1n) is 3.72. The third kappa shape index (κ3) is 1.14. The van der Waals surface area contributed by atoms with Crippen molar-refractivity contribution in [1.82, 2.24) is 15.0 Å². The molecule has 0 bridgehead atoms. The number of rotatable bonds is 1. The van der Waals surface area contributed by atoms with E-state index in [1.807, 2.05) is 6.92 Å². The second-order valence-corrected chi connectivity index (χ2v) is 2.74. The summed E-state index contributed by atoms with van der Waals surface area (Å²) in [4.78, 5) is 21.2. The molecule has 0 atom stereocenters. The molecule has 2 heterocycles. The number of carboxylic acid groups (broad SMARTS) is 1. The van der Waals surface area contributed by atoms with E-state index in [1.165, 1.54) is 6.33 Å². The van der Waals surface area contributed by atoms with Crippen molar-refractivity contribution in [2.45, 2.75) is 6.92 Å². The van der Waals surface area contributed by atoms with Crippen LogP contribution in [0.2, 0.25) is 0 Å². The number of aromatic carboxylic acids is 1. The molecule has 0 aliphatic rings. The van der Waals surface area contributed by atoms with Crippen molar-refractivity contribution in [2.75, 3.05) is 0 Å². The van der Waals surface area contributed by atoms with E-state index in [0.29, 0.717) is 11.0 Å². The molecule has 0 amide bonds. The van der Waals surface area contributed by atoms with Gasteiger partial charge >= 0.3 is 5.97 Å². The Morgan fingerprint density at radius 3 is 3.00 bits per heavy atom. The summed E-state index contributed by atoms with van der Waals surface area (Å²) in [6.07, 6.45) is 1.25. The molecular weight excluding hydrogens is 170 g/mol. The lowest BCUT2D eigenvalue weighted by Crippen LogP contribution is -2.01. The van der Waals surface area contributed by atoms with E-state index in [9.17, 15) is 4.79 Å². The lowest BCUT2D eigenvalue weighted by Gasteiger charge is -1.93. The average molecular weight is 177 g/mol. The lowest BCUT2D eigenvalue weighted by atomic mass is 10.3. The first-order chi connectivity index (χ1) is 6.18. The van der Waals surface area contributed by atoms with Crippen LogP contribution >= 0.6 is 0 Å². The Kier molecular flexibility index (Phi) is 1.51. The van der Waals surface area contributed by atoms with Gasteiger partial charge in [-0.15, -0.1) is 0 Å². The van der Waals surface area contributed by atoms with Gasteiger partial charge in [0.15, 0.2) is 5.69 Å². The zero-order chi connectivity index (χ0) is 9.42. The summed E-state index contributed by atoms with van der Waals surface area (Å²) in [6, 6.07) is 1.78. The molecule has 2 rings (SSSR count). The van der Waals surface area contributed by atoms with E-state index in [1.54, 1.807) is 6.07 Å². The molecule has 66 valence electrons. The van der Waals surface area contributed by atoms with Crippen LogP contribution < -0.4 is 0 Å². The van der Waals surface area contributed by atoms with Gasteiger partial charge in [0.05, 0.1) is 11.0 Å². The van der Waals surface area contributed by atoms with Gasteiger partial charge in [-0.25, -0.2) is 14.8 Å². The molecule has 0 radical (unpaired) electrons. The van der Waals surface area contributed by atoms with Crippen molar-refractivity contribution in [1.29, 1.82) is 0 Å². The van der Waals surface area contributed by atoms with Gasteiger partial charge in [-0.1, -0.05) is 0 Å². The van der Waals surface area contributed by atoms with Crippen LogP contribution in [0.25, 0.3) is 11.0 Å². The van der Waals surface area contributed by atoms with E-state index >= 15 is 0 Å². The highest BCUT2D eigenvalue weighted by Crippen LogP contribution is 2.14. The molecule has 0 unspecified atom stereocenters. The summed E-state index contributed by atoms with van der Waals surface area (Å²) < 4.78 is 0. The second-order valence-electron chi connectivity index (χ2n) is 2.74. The van der Waals surface area contributed by atoms with Crippen molar-refractivity contribution in [3.63, 3.8) is 0 Å². The molecule has 2 N–H and O–H groups in total. The molecule has 0 aliphatic heterocycles. The Bertz CT molecular complexity index is 475. The van der Waals surface area contributed by atoms with Crippen LogP contribution in [0.5, 0.6) is 0 Å². The summed E-state index contributed by atoms with van der Waals surface area (Å²) in [5.74, 6) is -1.05. The summed E-state index contributed by atoms with van der Waals surface area (Å²) in [7, 11) is 0. The third-order valence-corrected chi connectivity index (χ3v) is 1.75. The topological polar surface area (TPSA) is 78.9 Å². The van der Waals surface area contributed by atoms with Gasteiger partial charge < -0.3 is 10.1 Å². The maximum atomic E-state index is 10.7. The molecule has 5 heteroatoms. The quantitative estimate of drug-likeness (QED) is 0.680. The molecule has 0 saturated heterocycles. The normalized spacial score (nSPS) is 10.5. The number of aromatic amines is 1. The standard InChI is InChI=1S/C8H7N3O2/c1-4-2-5-6(11-4)7(8(12)13)10-3-9-5/h2-3,11H,1H3,(H,12,13). The fourth-order valence-corrected chi connectivity index (χ4v) is 1.23. The van der Waals surface area contributed by atoms with Crippen LogP contribution in [0.3, 0.4) is 0 Å². The fourth-order valence-electron chi connectivity index (χ4n) is 1.23. The van der Waals surface area contributed by atoms with Crippen molar-refractivity contribution in [3.8, 4) is 0 Å². The summed E-state index contributed by atoms with van der Waals surface area (Å²) in [5, 5.41) is 8.78. The highest BCUT2D eigenvalue weighted by Gasteiger charge is 2.11. The number of aryl methyl sites for hydroxylation is 1. The van der Waals surface area contributed by atoms with Crippen molar-refractivity contribution >= 4 is 17.0 Å². The van der Waals surface area contributed by atoms with E-state index in [4.69, 9.17) is 5.11 Å². The number of H-pyrrole nitrogens is 1. The van der Waals surface area contributed by atoms with Crippen LogP contribution in [0.4, 0.5) is 0 Å². The highest BCUT2D eigenvalue weighted by atomic mass is 16.4. The Labute approximate surface area is 73.4 Å². The van der Waals surface area contributed by atoms with Gasteiger partial charge in [0, 0.05) is 5.69 Å². The van der Waals surface area contributed by atoms with Gasteiger partial charge in [-0.3, -0.25) is 0 Å². The van der Waals surface area contributed by atoms with Gasteiger partial charge in [-0.05, 0) is 13.0 Å². The lowest BCUT2D eigenvalue weighted by molar-refractivity contribution is 0.0692. The molecule has 0 aromatic carbocycles. The largest absolute Gasteiger partial charge is 0.476 e. The van der Waals surface area contributed by atoms with Crippen molar-refractivity contribution in [2.24, 2.45) is 0 Å². The number of nitrogens with one attached hydrogen (secondary N) is 1. The zero-order valence-electron chi connectivity index (χ0n) is 6.90. The molecular formula is C8H7N3O2. The van der Waals surface area contributed by atoms with Gasteiger partial charge in [0.25, 0.3) is 0 Å². The Balaban J connectivity index is 2.82. The number of aromatic nitrogens is 3. The highest BCUT2D eigenvalue weighted by molar-refractivity contribution is 5.98. The van der Waals surface area contributed by atoms with Crippen molar-refractivity contribution < 1.29 is 9.90 Å². The van der Waals surface area contributed by atoms with Gasteiger partial charge in [0.1, 0.15) is 6.33 Å². The predicted octanol–water partition coefficient (Wildman–Crippen LogP) is 0.965. The summed E-state index contributed by atoms with van der Waals surface area (Å²) in [6.45, 7) is 1.84. The number of nitrogens with zero attached hydrogens (tertiary/aromatic N) is 2. The number of hydrogen-bond donors (Lipinski definition) is 2. The van der Waals surface area contributed by atoms with E-state index in [2.05, 4.69) is 15.0 Å². The van der Waals surface area contributed by atoms with E-state index in [-0.39, 0.29) is 5.69 Å². The van der Waals surface area contributed by atoms with Gasteiger partial charge in [-0.2, -0.15) is 0 Å². The minimum atomic E-state index is -1.05. The van der Waals surface area contributed by atoms with Crippen LogP contribution in [0, 0.1) is 6.92 Å². The Morgan fingerprint density at radius 2 is 2.31 bits per heavy atom. The van der Waals surface area contributed by atoms with Crippen molar-refractivity contribution in [3.05, 3.63) is 23.8 Å². The zero-order valence-corrected chi connectivity index (χ0v) is 6.90. The number of hydrogen-bond acceptors (Lipinski definition) is 3. The molecule has 0 fully saturated rings. The van der Waals surface area contributed by atoms with E-state index in [0.717, 1.165) is 5.69 Å². The number of carboxylic acids is 1. The maximum absolute atomic E-state index is 10.7. The molecule has 0 aliphatic carbocycles. The van der Waals surface area contributed by atoms with Crippen LogP contribution in [-0.2, 0) is 0 Å². The molecule has 0 spiro atoms. The van der Waals surface area contributed by atoms with Crippen LogP contribution in [0.15, 0.2) is 12.4 Å². The molecule has 5 nitrogen and oxygen atoms in total. The summed E-state index contributed by atoms with van der Waals surface area (Å²) >= 11 is 0. The molecule has 13 heavy (non-hydrogen) atoms. The molecule has 2 aromatic rings. The molecule has 2 aromatic heterocycles. The Hall–Kier alpha value is -1.91. The minimum absolute atomic E-state index is 0.0121. The smallest absolute Gasteiger partial charge is 0.356 e. The number of fused-ring (bicyclic) bond motifs is 1. The SMILES string of the molecule is Cc1cc2ncnc(C(=O)O)c2[nH]1. The fraction of sp³-hybridized carbons (Fsp3) is 0.125. The Morgan fingerprint density at radius 1 is 1.54 bits per heavy atom. The van der Waals surface area contributed by atoms with E-state index < -0.39 is 5.97 Å². The monoisotopic (exact) mass is 177 g/mol. The molecule has 0 saturated carbocycles. The van der Waals surface area contributed by atoms with Crippen LogP contribution in [0.1, 0.15) is 16.2 Å². The van der Waals surface area contributed by atoms with Crippen LogP contribution in [-0.4, -0.2) is 26.0 Å². The third-order valence-electron chi connectivity index (χ3n) is 1.75.